The van der Waals surface area contributed by atoms with Crippen molar-refractivity contribution in [2.45, 2.75) is 13.8 Å². The van der Waals surface area contributed by atoms with E-state index in [9.17, 15) is 4.79 Å². The highest BCUT2D eigenvalue weighted by Crippen LogP contribution is 2.27. The minimum Gasteiger partial charge on any atom is -0.494 e. The van der Waals surface area contributed by atoms with Crippen LogP contribution in [0.5, 0.6) is 5.75 Å². The maximum Gasteiger partial charge on any atom is 0.322 e. The van der Waals surface area contributed by atoms with E-state index >= 15 is 0 Å². The summed E-state index contributed by atoms with van der Waals surface area (Å²) in [5.74, 6) is -0.150. The molecule has 0 bridgehead atoms. The van der Waals surface area contributed by atoms with Crippen molar-refractivity contribution in [2.75, 3.05) is 18.5 Å². The molecule has 1 heterocycles. The quantitative estimate of drug-likeness (QED) is 0.864. The normalized spacial score (nSPS) is 10.4. The minimum absolute atomic E-state index is 0.128. The Kier molecular flexibility index (Phi) is 3.85. The van der Waals surface area contributed by atoms with Gasteiger partial charge in [-0.3, -0.25) is 9.78 Å². The van der Waals surface area contributed by atoms with E-state index in [2.05, 4.69) is 10.3 Å². The summed E-state index contributed by atoms with van der Waals surface area (Å²) < 4.78 is 5.45. The maximum absolute atomic E-state index is 10.7. The van der Waals surface area contributed by atoms with Crippen LogP contribution in [-0.4, -0.2) is 29.2 Å². The summed E-state index contributed by atoms with van der Waals surface area (Å²) in [6, 6.07) is 7.44. The van der Waals surface area contributed by atoms with E-state index in [1.54, 1.807) is 0 Å². The number of aliphatic carboxylic acids is 1. The van der Waals surface area contributed by atoms with Crippen molar-refractivity contribution in [3.8, 4) is 5.75 Å². The van der Waals surface area contributed by atoms with Crippen LogP contribution in [0.1, 0.15) is 12.6 Å². The van der Waals surface area contributed by atoms with Crippen molar-refractivity contribution in [3.63, 3.8) is 0 Å². The third-order valence-corrected chi connectivity index (χ3v) is 2.65. The zero-order valence-corrected chi connectivity index (χ0v) is 10.9. The number of hydrogen-bond donors (Lipinski definition) is 2. The van der Waals surface area contributed by atoms with Gasteiger partial charge < -0.3 is 15.2 Å². The van der Waals surface area contributed by atoms with Crippen molar-refractivity contribution >= 4 is 22.6 Å². The number of carboxylic acids is 1. The van der Waals surface area contributed by atoms with Crippen LogP contribution in [0, 0.1) is 6.92 Å². The van der Waals surface area contributed by atoms with Gasteiger partial charge in [-0.15, -0.1) is 0 Å². The van der Waals surface area contributed by atoms with Gasteiger partial charge in [-0.05, 0) is 38.1 Å². The highest BCUT2D eigenvalue weighted by molar-refractivity contribution is 5.93. The molecular weight excluding hydrogens is 244 g/mol. The average Bonchev–Trinajstić information content (AvgIpc) is 2.36. The Hall–Kier alpha value is -2.30. The smallest absolute Gasteiger partial charge is 0.322 e. The molecule has 0 saturated carbocycles. The maximum atomic E-state index is 10.7. The lowest BCUT2D eigenvalue weighted by Gasteiger charge is -2.11. The molecule has 0 radical (unpaired) electrons. The zero-order valence-electron chi connectivity index (χ0n) is 10.9. The molecule has 0 amide bonds. The van der Waals surface area contributed by atoms with Crippen LogP contribution in [-0.2, 0) is 4.79 Å². The number of ether oxygens (including phenoxy) is 1. The lowest BCUT2D eigenvalue weighted by Crippen LogP contribution is -2.12. The van der Waals surface area contributed by atoms with Crippen molar-refractivity contribution in [1.82, 2.24) is 4.98 Å². The summed E-state index contributed by atoms with van der Waals surface area (Å²) in [6.45, 7) is 4.25. The fourth-order valence-corrected chi connectivity index (χ4v) is 1.91. The van der Waals surface area contributed by atoms with Crippen LogP contribution in [0.2, 0.25) is 0 Å². The Bertz CT molecular complexity index is 611. The van der Waals surface area contributed by atoms with Crippen LogP contribution < -0.4 is 10.1 Å². The van der Waals surface area contributed by atoms with Gasteiger partial charge in [0.25, 0.3) is 0 Å². The molecule has 0 aliphatic heterocycles. The largest absolute Gasteiger partial charge is 0.494 e. The summed E-state index contributed by atoms with van der Waals surface area (Å²) in [4.78, 5) is 15.1. The number of aromatic nitrogens is 1. The predicted molar refractivity (Wildman–Crippen MR) is 73.8 cm³/mol. The molecule has 0 atom stereocenters. The van der Waals surface area contributed by atoms with Gasteiger partial charge in [0.15, 0.2) is 0 Å². The SMILES string of the molecule is CCOc1ccc2nc(C)cc(NCC(=O)O)c2c1. The average molecular weight is 260 g/mol. The second-order valence-corrected chi connectivity index (χ2v) is 4.17. The number of nitrogens with zero attached hydrogens (tertiary/aromatic N) is 1. The van der Waals surface area contributed by atoms with Crippen molar-refractivity contribution < 1.29 is 14.6 Å². The lowest BCUT2D eigenvalue weighted by molar-refractivity contribution is -0.134. The molecule has 0 fully saturated rings. The van der Waals surface area contributed by atoms with E-state index in [0.717, 1.165) is 28.0 Å². The Balaban J connectivity index is 2.46. The Morgan fingerprint density at radius 3 is 2.89 bits per heavy atom. The highest BCUT2D eigenvalue weighted by Gasteiger charge is 2.07. The lowest BCUT2D eigenvalue weighted by atomic mass is 10.1. The first-order valence-corrected chi connectivity index (χ1v) is 6.10. The number of rotatable bonds is 5. The van der Waals surface area contributed by atoms with Crippen LogP contribution in [0.15, 0.2) is 24.3 Å². The summed E-state index contributed by atoms with van der Waals surface area (Å²) >= 11 is 0. The number of aryl methyl sites for hydroxylation is 1. The van der Waals surface area contributed by atoms with E-state index in [-0.39, 0.29) is 6.54 Å². The van der Waals surface area contributed by atoms with E-state index in [1.165, 1.54) is 0 Å². The second-order valence-electron chi connectivity index (χ2n) is 4.17. The van der Waals surface area contributed by atoms with Crippen molar-refractivity contribution in [1.29, 1.82) is 0 Å². The molecule has 1 aromatic carbocycles. The number of fused-ring (bicyclic) bond motifs is 1. The molecule has 19 heavy (non-hydrogen) atoms. The topological polar surface area (TPSA) is 71.5 Å². The number of hydrogen-bond acceptors (Lipinski definition) is 4. The van der Waals surface area contributed by atoms with Gasteiger partial charge in [0.1, 0.15) is 12.3 Å². The molecule has 0 saturated heterocycles. The first kappa shape index (κ1) is 13.1. The molecule has 2 N–H and O–H groups in total. The zero-order chi connectivity index (χ0) is 13.8. The second kappa shape index (κ2) is 5.56. The summed E-state index contributed by atoms with van der Waals surface area (Å²) in [6.07, 6.45) is 0. The Morgan fingerprint density at radius 2 is 2.21 bits per heavy atom. The van der Waals surface area contributed by atoms with Gasteiger partial charge in [0.05, 0.1) is 12.1 Å². The monoisotopic (exact) mass is 260 g/mol. The fraction of sp³-hybridized carbons (Fsp3) is 0.286. The van der Waals surface area contributed by atoms with Gasteiger partial charge in [0.2, 0.25) is 0 Å². The number of benzene rings is 1. The number of nitrogens with one attached hydrogen (secondary N) is 1. The molecule has 2 rings (SSSR count). The minimum atomic E-state index is -0.899. The van der Waals surface area contributed by atoms with Gasteiger partial charge in [-0.1, -0.05) is 0 Å². The van der Waals surface area contributed by atoms with E-state index < -0.39 is 5.97 Å². The first-order chi connectivity index (χ1) is 9.10. The molecule has 0 aliphatic carbocycles. The van der Waals surface area contributed by atoms with E-state index in [1.807, 2.05) is 38.1 Å². The van der Waals surface area contributed by atoms with Crippen LogP contribution in [0.25, 0.3) is 10.9 Å². The van der Waals surface area contributed by atoms with Gasteiger partial charge in [0, 0.05) is 16.8 Å². The molecular formula is C14H16N2O3. The van der Waals surface area contributed by atoms with Crippen molar-refractivity contribution in [2.24, 2.45) is 0 Å². The standard InChI is InChI=1S/C14H16N2O3/c1-3-19-10-4-5-12-11(7-10)13(6-9(2)16-12)15-8-14(17)18/h4-7H,3,8H2,1-2H3,(H,15,16)(H,17,18). The van der Waals surface area contributed by atoms with E-state index in [0.29, 0.717) is 6.61 Å². The van der Waals surface area contributed by atoms with Gasteiger partial charge in [-0.25, -0.2) is 0 Å². The molecule has 1 aromatic heterocycles. The molecule has 5 nitrogen and oxygen atoms in total. The Morgan fingerprint density at radius 1 is 1.42 bits per heavy atom. The van der Waals surface area contributed by atoms with Crippen molar-refractivity contribution in [3.05, 3.63) is 30.0 Å². The molecule has 5 heteroatoms. The molecule has 2 aromatic rings. The first-order valence-electron chi connectivity index (χ1n) is 6.10. The Labute approximate surface area is 111 Å². The van der Waals surface area contributed by atoms with Gasteiger partial charge >= 0.3 is 5.97 Å². The molecule has 0 unspecified atom stereocenters. The molecule has 0 aliphatic rings. The number of carboxylic acid groups (broad SMARTS) is 1. The third-order valence-electron chi connectivity index (χ3n) is 2.65. The van der Waals surface area contributed by atoms with E-state index in [4.69, 9.17) is 9.84 Å². The summed E-state index contributed by atoms with van der Waals surface area (Å²) in [5.41, 5.74) is 2.41. The predicted octanol–water partition coefficient (Wildman–Crippen LogP) is 2.44. The highest BCUT2D eigenvalue weighted by atomic mass is 16.5. The van der Waals surface area contributed by atoms with Gasteiger partial charge in [-0.2, -0.15) is 0 Å². The number of anilines is 1. The third kappa shape index (κ3) is 3.13. The summed E-state index contributed by atoms with van der Waals surface area (Å²) in [5, 5.41) is 12.5. The van der Waals surface area contributed by atoms with Crippen LogP contribution >= 0.6 is 0 Å². The fourth-order valence-electron chi connectivity index (χ4n) is 1.91. The molecule has 100 valence electrons. The van der Waals surface area contributed by atoms with Crippen LogP contribution in [0.4, 0.5) is 5.69 Å². The summed E-state index contributed by atoms with van der Waals surface area (Å²) in [7, 11) is 0. The number of pyridine rings is 1. The van der Waals surface area contributed by atoms with Crippen LogP contribution in [0.3, 0.4) is 0 Å². The molecule has 0 spiro atoms. The number of carbonyl (C=O) groups is 1.